The molecule has 0 aliphatic carbocycles. The minimum absolute atomic E-state index is 0.216. The lowest BCUT2D eigenvalue weighted by Gasteiger charge is -2.08. The summed E-state index contributed by atoms with van der Waals surface area (Å²) in [6, 6.07) is 6.66. The molecular formula is C12H8N2O7. The number of nitro benzene ring substituents is 2. The van der Waals surface area contributed by atoms with E-state index < -0.39 is 32.7 Å². The van der Waals surface area contributed by atoms with Gasteiger partial charge in [-0.3, -0.25) is 20.2 Å². The Morgan fingerprint density at radius 1 is 0.952 bits per heavy atom. The Morgan fingerprint density at radius 3 is 2.29 bits per heavy atom. The number of aromatic hydroxyl groups is 2. The fraction of sp³-hybridized carbons (Fsp3) is 0. The first kappa shape index (κ1) is 14.1. The second-order valence-electron chi connectivity index (χ2n) is 3.89. The summed E-state index contributed by atoms with van der Waals surface area (Å²) >= 11 is 0. The van der Waals surface area contributed by atoms with E-state index in [-0.39, 0.29) is 11.5 Å². The Bertz CT molecular complexity index is 730. The number of hydrogen-bond acceptors (Lipinski definition) is 7. The first-order valence-corrected chi connectivity index (χ1v) is 5.52. The topological polar surface area (TPSA) is 136 Å². The molecule has 0 aromatic heterocycles. The van der Waals surface area contributed by atoms with Crippen LogP contribution in [0.25, 0.3) is 0 Å². The maximum Gasteiger partial charge on any atom is 0.318 e. The van der Waals surface area contributed by atoms with E-state index in [4.69, 9.17) is 4.74 Å². The standard InChI is InChI=1S/C12H8N2O7/c15-9-2-1-3-11(12(9)16)21-10-5-4-7(13(17)18)6-8(10)14(19)20/h1-6,15-16H. The molecule has 2 aromatic rings. The molecule has 0 bridgehead atoms. The largest absolute Gasteiger partial charge is 0.504 e. The van der Waals surface area contributed by atoms with Gasteiger partial charge in [0.25, 0.3) is 5.69 Å². The summed E-state index contributed by atoms with van der Waals surface area (Å²) in [6.07, 6.45) is 0. The number of nitro groups is 2. The minimum Gasteiger partial charge on any atom is -0.504 e. The number of non-ortho nitro benzene ring substituents is 1. The van der Waals surface area contributed by atoms with Crippen LogP contribution in [0, 0.1) is 20.2 Å². The number of para-hydroxylation sites is 1. The molecule has 0 spiro atoms. The zero-order valence-corrected chi connectivity index (χ0v) is 10.3. The Kier molecular flexibility index (Phi) is 3.57. The highest BCUT2D eigenvalue weighted by Gasteiger charge is 2.22. The molecule has 108 valence electrons. The van der Waals surface area contributed by atoms with Gasteiger partial charge in [0, 0.05) is 6.07 Å². The molecule has 0 unspecified atom stereocenters. The molecule has 2 rings (SSSR count). The van der Waals surface area contributed by atoms with Crippen LogP contribution in [-0.4, -0.2) is 20.1 Å². The third kappa shape index (κ3) is 2.81. The van der Waals surface area contributed by atoms with Crippen molar-refractivity contribution >= 4 is 11.4 Å². The summed E-state index contributed by atoms with van der Waals surface area (Å²) in [5.41, 5.74) is -1.10. The fourth-order valence-corrected chi connectivity index (χ4v) is 1.56. The number of hydrogen-bond donors (Lipinski definition) is 2. The number of rotatable bonds is 4. The summed E-state index contributed by atoms with van der Waals surface area (Å²) in [7, 11) is 0. The van der Waals surface area contributed by atoms with Gasteiger partial charge in [-0.1, -0.05) is 6.07 Å². The zero-order valence-electron chi connectivity index (χ0n) is 10.3. The highest BCUT2D eigenvalue weighted by Crippen LogP contribution is 2.40. The third-order valence-electron chi connectivity index (χ3n) is 2.55. The highest BCUT2D eigenvalue weighted by atomic mass is 16.6. The van der Waals surface area contributed by atoms with Crippen LogP contribution in [0.1, 0.15) is 0 Å². The van der Waals surface area contributed by atoms with Gasteiger partial charge in [-0.25, -0.2) is 0 Å². The average molecular weight is 292 g/mol. The van der Waals surface area contributed by atoms with Gasteiger partial charge in [-0.05, 0) is 18.2 Å². The van der Waals surface area contributed by atoms with Gasteiger partial charge < -0.3 is 14.9 Å². The van der Waals surface area contributed by atoms with E-state index in [1.54, 1.807) is 0 Å². The molecule has 0 atom stereocenters. The van der Waals surface area contributed by atoms with Crippen LogP contribution in [0.15, 0.2) is 36.4 Å². The minimum atomic E-state index is -0.845. The van der Waals surface area contributed by atoms with Gasteiger partial charge >= 0.3 is 5.69 Å². The molecule has 0 saturated carbocycles. The second kappa shape index (κ2) is 5.33. The van der Waals surface area contributed by atoms with Gasteiger partial charge in [-0.2, -0.15) is 0 Å². The maximum atomic E-state index is 10.9. The Morgan fingerprint density at radius 2 is 1.67 bits per heavy atom. The summed E-state index contributed by atoms with van der Waals surface area (Å²) < 4.78 is 5.14. The molecule has 0 aliphatic rings. The van der Waals surface area contributed by atoms with Crippen molar-refractivity contribution in [1.29, 1.82) is 0 Å². The number of benzene rings is 2. The third-order valence-corrected chi connectivity index (χ3v) is 2.55. The Balaban J connectivity index is 2.46. The van der Waals surface area contributed by atoms with Gasteiger partial charge in [-0.15, -0.1) is 0 Å². The van der Waals surface area contributed by atoms with Crippen molar-refractivity contribution in [3.63, 3.8) is 0 Å². The van der Waals surface area contributed by atoms with Crippen LogP contribution >= 0.6 is 0 Å². The van der Waals surface area contributed by atoms with Crippen molar-refractivity contribution < 1.29 is 24.8 Å². The van der Waals surface area contributed by atoms with Gasteiger partial charge in [0.2, 0.25) is 11.5 Å². The molecule has 2 aromatic carbocycles. The number of phenols is 2. The molecule has 0 heterocycles. The second-order valence-corrected chi connectivity index (χ2v) is 3.89. The quantitative estimate of drug-likeness (QED) is 0.502. The van der Waals surface area contributed by atoms with Crippen LogP contribution in [0.4, 0.5) is 11.4 Å². The van der Waals surface area contributed by atoms with Gasteiger partial charge in [0.05, 0.1) is 15.9 Å². The van der Waals surface area contributed by atoms with E-state index in [0.29, 0.717) is 0 Å². The maximum absolute atomic E-state index is 10.9. The van der Waals surface area contributed by atoms with Crippen LogP contribution in [0.3, 0.4) is 0 Å². The van der Waals surface area contributed by atoms with E-state index in [0.717, 1.165) is 18.2 Å². The van der Waals surface area contributed by atoms with Crippen LogP contribution in [0.2, 0.25) is 0 Å². The summed E-state index contributed by atoms with van der Waals surface area (Å²) in [6.45, 7) is 0. The lowest BCUT2D eigenvalue weighted by Crippen LogP contribution is -1.96. The Labute approximate surface area is 116 Å². The van der Waals surface area contributed by atoms with E-state index in [1.165, 1.54) is 18.2 Å². The molecule has 2 N–H and O–H groups in total. The number of nitrogens with zero attached hydrogens (tertiary/aromatic N) is 2. The lowest BCUT2D eigenvalue weighted by molar-refractivity contribution is -0.394. The number of phenolic OH excluding ortho intramolecular Hbond substituents is 2. The van der Waals surface area contributed by atoms with Crippen molar-refractivity contribution in [3.8, 4) is 23.0 Å². The molecular weight excluding hydrogens is 284 g/mol. The summed E-state index contributed by atoms with van der Waals surface area (Å²) in [4.78, 5) is 19.9. The predicted molar refractivity (Wildman–Crippen MR) is 69.6 cm³/mol. The van der Waals surface area contributed by atoms with Crippen molar-refractivity contribution in [1.82, 2.24) is 0 Å². The first-order valence-electron chi connectivity index (χ1n) is 5.52. The van der Waals surface area contributed by atoms with E-state index >= 15 is 0 Å². The van der Waals surface area contributed by atoms with Crippen LogP contribution < -0.4 is 4.74 Å². The van der Waals surface area contributed by atoms with E-state index in [2.05, 4.69) is 0 Å². The predicted octanol–water partition coefficient (Wildman–Crippen LogP) is 2.71. The zero-order chi connectivity index (χ0) is 15.6. The lowest BCUT2D eigenvalue weighted by atomic mass is 10.2. The van der Waals surface area contributed by atoms with E-state index in [1.807, 2.05) is 0 Å². The summed E-state index contributed by atoms with van der Waals surface area (Å²) in [5, 5.41) is 40.4. The van der Waals surface area contributed by atoms with Gasteiger partial charge in [0.15, 0.2) is 11.5 Å². The SMILES string of the molecule is O=[N+]([O-])c1ccc(Oc2cccc(O)c2O)c([N+](=O)[O-])c1. The van der Waals surface area contributed by atoms with E-state index in [9.17, 15) is 30.4 Å². The normalized spacial score (nSPS) is 10.1. The molecule has 0 fully saturated rings. The monoisotopic (exact) mass is 292 g/mol. The molecule has 0 saturated heterocycles. The molecule has 9 heteroatoms. The number of ether oxygens (including phenoxy) is 1. The fourth-order valence-electron chi connectivity index (χ4n) is 1.56. The molecule has 0 aliphatic heterocycles. The van der Waals surface area contributed by atoms with Crippen molar-refractivity contribution in [3.05, 3.63) is 56.6 Å². The molecule has 0 amide bonds. The average Bonchev–Trinajstić information content (AvgIpc) is 2.43. The highest BCUT2D eigenvalue weighted by molar-refractivity contribution is 5.57. The van der Waals surface area contributed by atoms with Crippen molar-refractivity contribution in [2.24, 2.45) is 0 Å². The first-order chi connectivity index (χ1) is 9.90. The smallest absolute Gasteiger partial charge is 0.318 e. The summed E-state index contributed by atoms with van der Waals surface area (Å²) in [5.74, 6) is -1.57. The van der Waals surface area contributed by atoms with Crippen LogP contribution in [0.5, 0.6) is 23.0 Å². The van der Waals surface area contributed by atoms with Crippen molar-refractivity contribution in [2.75, 3.05) is 0 Å². The molecule has 0 radical (unpaired) electrons. The molecule has 9 nitrogen and oxygen atoms in total. The Hall–Kier alpha value is -3.36. The van der Waals surface area contributed by atoms with Crippen molar-refractivity contribution in [2.45, 2.75) is 0 Å². The molecule has 21 heavy (non-hydrogen) atoms. The van der Waals surface area contributed by atoms with Gasteiger partial charge in [0.1, 0.15) is 0 Å². The van der Waals surface area contributed by atoms with Crippen LogP contribution in [-0.2, 0) is 0 Å².